The second kappa shape index (κ2) is 3.30. The quantitative estimate of drug-likeness (QED) is 0.687. The summed E-state index contributed by atoms with van der Waals surface area (Å²) in [6, 6.07) is 2.80. The number of carboxylic acid groups (broad SMARTS) is 1. The van der Waals surface area contributed by atoms with Gasteiger partial charge in [0.2, 0.25) is 5.56 Å². The van der Waals surface area contributed by atoms with Crippen LogP contribution >= 0.6 is 0 Å². The standard InChI is InChI=1S/C8H10N2O3/c1-9-5-6(3-4-7(9)11)10(2)8(12)13/h3-5H,1-2H3,(H,12,13). The molecular formula is C8H10N2O3. The smallest absolute Gasteiger partial charge is 0.411 e. The summed E-state index contributed by atoms with van der Waals surface area (Å²) >= 11 is 0. The maximum Gasteiger partial charge on any atom is 0.411 e. The molecule has 0 unspecified atom stereocenters. The molecular weight excluding hydrogens is 172 g/mol. The van der Waals surface area contributed by atoms with E-state index in [2.05, 4.69) is 0 Å². The van der Waals surface area contributed by atoms with Crippen LogP contribution in [-0.2, 0) is 7.05 Å². The SMILES string of the molecule is CN(C(=O)O)c1ccc(=O)n(C)c1. The molecule has 0 spiro atoms. The summed E-state index contributed by atoms with van der Waals surface area (Å²) in [5.74, 6) is 0. The Morgan fingerprint density at radius 2 is 2.15 bits per heavy atom. The third-order valence-electron chi connectivity index (χ3n) is 1.74. The van der Waals surface area contributed by atoms with Gasteiger partial charge in [0.1, 0.15) is 0 Å². The Morgan fingerprint density at radius 3 is 2.62 bits per heavy atom. The van der Waals surface area contributed by atoms with Crippen LogP contribution in [0.1, 0.15) is 0 Å². The number of aryl methyl sites for hydroxylation is 1. The van der Waals surface area contributed by atoms with Crippen molar-refractivity contribution >= 4 is 11.8 Å². The highest BCUT2D eigenvalue weighted by Crippen LogP contribution is 2.08. The van der Waals surface area contributed by atoms with Gasteiger partial charge in [-0.25, -0.2) is 4.79 Å². The van der Waals surface area contributed by atoms with Gasteiger partial charge in [0.05, 0.1) is 5.69 Å². The van der Waals surface area contributed by atoms with Crippen LogP contribution in [0, 0.1) is 0 Å². The minimum Gasteiger partial charge on any atom is -0.465 e. The third-order valence-corrected chi connectivity index (χ3v) is 1.74. The van der Waals surface area contributed by atoms with Crippen molar-refractivity contribution in [1.29, 1.82) is 0 Å². The first-order valence-electron chi connectivity index (χ1n) is 3.65. The molecule has 0 aliphatic heterocycles. The van der Waals surface area contributed by atoms with Crippen LogP contribution in [0.25, 0.3) is 0 Å². The van der Waals surface area contributed by atoms with E-state index in [1.165, 1.54) is 29.9 Å². The van der Waals surface area contributed by atoms with Gasteiger partial charge in [-0.15, -0.1) is 0 Å². The highest BCUT2D eigenvalue weighted by Gasteiger charge is 2.08. The predicted molar refractivity (Wildman–Crippen MR) is 48.1 cm³/mol. The Morgan fingerprint density at radius 1 is 1.54 bits per heavy atom. The Hall–Kier alpha value is -1.78. The molecule has 1 aromatic rings. The number of amides is 1. The summed E-state index contributed by atoms with van der Waals surface area (Å²) in [5.41, 5.74) is 0.303. The second-order valence-electron chi connectivity index (χ2n) is 2.68. The van der Waals surface area contributed by atoms with E-state index in [9.17, 15) is 9.59 Å². The molecule has 0 radical (unpaired) electrons. The summed E-state index contributed by atoms with van der Waals surface area (Å²) in [6.45, 7) is 0. The molecule has 0 saturated carbocycles. The fourth-order valence-corrected chi connectivity index (χ4v) is 0.888. The lowest BCUT2D eigenvalue weighted by Crippen LogP contribution is -2.26. The summed E-state index contributed by atoms with van der Waals surface area (Å²) in [5, 5.41) is 8.63. The van der Waals surface area contributed by atoms with Gasteiger partial charge in [0, 0.05) is 26.4 Å². The van der Waals surface area contributed by atoms with E-state index >= 15 is 0 Å². The van der Waals surface area contributed by atoms with Gasteiger partial charge in [-0.2, -0.15) is 0 Å². The Bertz CT molecular complexity index is 383. The van der Waals surface area contributed by atoms with E-state index in [4.69, 9.17) is 5.11 Å². The monoisotopic (exact) mass is 182 g/mol. The molecule has 0 aromatic carbocycles. The average Bonchev–Trinajstić information content (AvgIpc) is 2.08. The Kier molecular flexibility index (Phi) is 2.36. The van der Waals surface area contributed by atoms with Crippen LogP contribution in [0.4, 0.5) is 10.5 Å². The molecule has 5 nitrogen and oxygen atoms in total. The zero-order valence-electron chi connectivity index (χ0n) is 7.39. The van der Waals surface area contributed by atoms with Crippen LogP contribution in [0.3, 0.4) is 0 Å². The molecule has 0 aliphatic carbocycles. The van der Waals surface area contributed by atoms with E-state index in [1.54, 1.807) is 7.05 Å². The predicted octanol–water partition coefficient (Wildman–Crippen LogP) is 0.499. The largest absolute Gasteiger partial charge is 0.465 e. The van der Waals surface area contributed by atoms with Crippen molar-refractivity contribution in [2.24, 2.45) is 7.05 Å². The number of nitrogens with zero attached hydrogens (tertiary/aromatic N) is 2. The summed E-state index contributed by atoms with van der Waals surface area (Å²) in [6.07, 6.45) is 0.412. The highest BCUT2D eigenvalue weighted by molar-refractivity contribution is 5.84. The van der Waals surface area contributed by atoms with E-state index in [1.807, 2.05) is 0 Å². The third kappa shape index (κ3) is 1.87. The molecule has 70 valence electrons. The fraction of sp³-hybridized carbons (Fsp3) is 0.250. The van der Waals surface area contributed by atoms with Gasteiger partial charge < -0.3 is 9.67 Å². The lowest BCUT2D eigenvalue weighted by molar-refractivity contribution is 0.203. The normalized spacial score (nSPS) is 9.69. The zero-order chi connectivity index (χ0) is 10.0. The lowest BCUT2D eigenvalue weighted by Gasteiger charge is -2.13. The molecule has 1 amide bonds. The van der Waals surface area contributed by atoms with E-state index in [0.29, 0.717) is 5.69 Å². The van der Waals surface area contributed by atoms with Gasteiger partial charge in [-0.05, 0) is 6.07 Å². The van der Waals surface area contributed by atoms with Crippen LogP contribution in [-0.4, -0.2) is 22.8 Å². The molecule has 1 rings (SSSR count). The lowest BCUT2D eigenvalue weighted by atomic mass is 10.4. The van der Waals surface area contributed by atoms with Crippen molar-refractivity contribution in [1.82, 2.24) is 4.57 Å². The molecule has 13 heavy (non-hydrogen) atoms. The highest BCUT2D eigenvalue weighted by atomic mass is 16.4. The average molecular weight is 182 g/mol. The minimum atomic E-state index is -1.06. The molecule has 0 atom stereocenters. The van der Waals surface area contributed by atoms with Crippen molar-refractivity contribution in [2.45, 2.75) is 0 Å². The van der Waals surface area contributed by atoms with Crippen LogP contribution < -0.4 is 10.5 Å². The maximum absolute atomic E-state index is 11.0. The van der Waals surface area contributed by atoms with Gasteiger partial charge in [-0.1, -0.05) is 0 Å². The number of hydrogen-bond donors (Lipinski definition) is 1. The molecule has 1 heterocycles. The Labute approximate surface area is 74.8 Å². The Balaban J connectivity index is 3.11. The van der Waals surface area contributed by atoms with Gasteiger partial charge in [0.15, 0.2) is 0 Å². The van der Waals surface area contributed by atoms with E-state index in [-0.39, 0.29) is 5.56 Å². The first-order valence-corrected chi connectivity index (χ1v) is 3.65. The number of anilines is 1. The molecule has 0 aliphatic rings. The van der Waals surface area contributed by atoms with Gasteiger partial charge in [-0.3, -0.25) is 9.69 Å². The molecule has 5 heteroatoms. The van der Waals surface area contributed by atoms with Crippen LogP contribution in [0.2, 0.25) is 0 Å². The molecule has 0 saturated heterocycles. The number of rotatable bonds is 1. The van der Waals surface area contributed by atoms with E-state index in [0.717, 1.165) is 4.90 Å². The van der Waals surface area contributed by atoms with Gasteiger partial charge in [0.25, 0.3) is 0 Å². The molecule has 1 aromatic heterocycles. The molecule has 0 bridgehead atoms. The fourth-order valence-electron chi connectivity index (χ4n) is 0.888. The van der Waals surface area contributed by atoms with Gasteiger partial charge >= 0.3 is 6.09 Å². The summed E-state index contributed by atoms with van der Waals surface area (Å²) in [7, 11) is 2.99. The second-order valence-corrected chi connectivity index (χ2v) is 2.68. The first kappa shape index (κ1) is 9.31. The summed E-state index contributed by atoms with van der Waals surface area (Å²) < 4.78 is 1.33. The van der Waals surface area contributed by atoms with Crippen molar-refractivity contribution in [3.05, 3.63) is 28.7 Å². The van der Waals surface area contributed by atoms with Crippen molar-refractivity contribution in [3.8, 4) is 0 Å². The number of carbonyl (C=O) groups is 1. The maximum atomic E-state index is 11.0. The van der Waals surface area contributed by atoms with Crippen LogP contribution in [0.15, 0.2) is 23.1 Å². The summed E-state index contributed by atoms with van der Waals surface area (Å²) in [4.78, 5) is 22.5. The molecule has 0 fully saturated rings. The zero-order valence-corrected chi connectivity index (χ0v) is 7.39. The minimum absolute atomic E-state index is 0.164. The van der Waals surface area contributed by atoms with Crippen molar-refractivity contribution in [3.63, 3.8) is 0 Å². The van der Waals surface area contributed by atoms with Crippen LogP contribution in [0.5, 0.6) is 0 Å². The topological polar surface area (TPSA) is 62.5 Å². The number of aromatic nitrogens is 1. The molecule has 1 N–H and O–H groups in total. The van der Waals surface area contributed by atoms with E-state index < -0.39 is 6.09 Å². The first-order chi connectivity index (χ1) is 6.02. The van der Waals surface area contributed by atoms with Crippen molar-refractivity contribution in [2.75, 3.05) is 11.9 Å². The number of pyridine rings is 1. The van der Waals surface area contributed by atoms with Crippen molar-refractivity contribution < 1.29 is 9.90 Å². The number of hydrogen-bond acceptors (Lipinski definition) is 2.